The average molecular weight is 827 g/mol. The largest absolute Gasteiger partial charge is 0.447 e. The van der Waals surface area contributed by atoms with E-state index < -0.39 is 12.2 Å². The molecule has 8 nitrogen and oxygen atoms in total. The van der Waals surface area contributed by atoms with E-state index in [4.69, 9.17) is 9.47 Å². The molecule has 332 valence electrons. The van der Waals surface area contributed by atoms with Crippen LogP contribution in [0.25, 0.3) is 0 Å². The van der Waals surface area contributed by atoms with Gasteiger partial charge in [0.2, 0.25) is 11.8 Å². The van der Waals surface area contributed by atoms with Crippen molar-refractivity contribution in [2.24, 2.45) is 11.8 Å². The first-order chi connectivity index (χ1) is 29.3. The van der Waals surface area contributed by atoms with Crippen molar-refractivity contribution in [1.82, 2.24) is 9.80 Å². The number of unbranched alkanes of at least 4 members (excludes halogenated alkanes) is 16. The molecule has 0 aromatic heterocycles. The Morgan fingerprint density at radius 1 is 0.533 bits per heavy atom. The number of allylic oxidation sites excluding steroid dienone is 4. The molecule has 2 aliphatic rings. The first kappa shape index (κ1) is 50.2. The number of imide groups is 2. The van der Waals surface area contributed by atoms with E-state index in [0.717, 1.165) is 24.0 Å². The van der Waals surface area contributed by atoms with E-state index >= 15 is 0 Å². The van der Waals surface area contributed by atoms with Gasteiger partial charge in [-0.25, -0.2) is 19.4 Å². The summed E-state index contributed by atoms with van der Waals surface area (Å²) in [7, 11) is 0. The van der Waals surface area contributed by atoms with Crippen molar-refractivity contribution in [3.05, 3.63) is 96.1 Å². The molecule has 2 fully saturated rings. The first-order valence-corrected chi connectivity index (χ1v) is 23.6. The van der Waals surface area contributed by atoms with Crippen molar-refractivity contribution in [2.75, 3.05) is 13.2 Å². The Kier molecular flexibility index (Phi) is 25.7. The van der Waals surface area contributed by atoms with Gasteiger partial charge in [-0.2, -0.15) is 0 Å². The summed E-state index contributed by atoms with van der Waals surface area (Å²) in [5, 5.41) is 0. The van der Waals surface area contributed by atoms with Crippen molar-refractivity contribution < 1.29 is 28.7 Å². The quantitative estimate of drug-likeness (QED) is 0.0626. The van der Waals surface area contributed by atoms with Crippen LogP contribution in [0.2, 0.25) is 0 Å². The smallest absolute Gasteiger partial charge is 0.416 e. The lowest BCUT2D eigenvalue weighted by Crippen LogP contribution is -2.42. The standard InChI is InChI=1S/2C26H39NO3/c2*1-3-4-5-6-7-8-9-10-11-12-14-17-22(2)25(28)27-24(21-30-26(27)29)20-23-18-15-13-16-19-23/h2*12-16,18-19,22,24H,3-11,17,20-21H2,1-2H3/b2*14-12+/t2*22-,24+/m11/s1. The van der Waals surface area contributed by atoms with Crippen LogP contribution in [-0.4, -0.2) is 59.1 Å². The first-order valence-electron chi connectivity index (χ1n) is 23.6. The van der Waals surface area contributed by atoms with Gasteiger partial charge in [0.1, 0.15) is 13.2 Å². The molecule has 0 saturated carbocycles. The number of benzene rings is 2. The highest BCUT2D eigenvalue weighted by Crippen LogP contribution is 2.23. The fourth-order valence-electron chi connectivity index (χ4n) is 7.84. The molecule has 4 rings (SSSR count). The van der Waals surface area contributed by atoms with Gasteiger partial charge in [-0.15, -0.1) is 0 Å². The Hall–Kier alpha value is -4.20. The number of nitrogens with zero attached hydrogens (tertiary/aromatic N) is 2. The van der Waals surface area contributed by atoms with Crippen molar-refractivity contribution in [1.29, 1.82) is 0 Å². The number of rotatable bonds is 28. The summed E-state index contributed by atoms with van der Waals surface area (Å²) >= 11 is 0. The third-order valence-electron chi connectivity index (χ3n) is 11.6. The fraction of sp³-hybridized carbons (Fsp3) is 0.615. The summed E-state index contributed by atoms with van der Waals surface area (Å²) in [6, 6.07) is 19.5. The molecule has 0 spiro atoms. The van der Waals surface area contributed by atoms with Crippen LogP contribution in [0.15, 0.2) is 85.0 Å². The number of ether oxygens (including phenoxy) is 2. The van der Waals surface area contributed by atoms with Crippen molar-refractivity contribution in [3.8, 4) is 0 Å². The lowest BCUT2D eigenvalue weighted by molar-refractivity contribution is -0.133. The van der Waals surface area contributed by atoms with Crippen LogP contribution in [0, 0.1) is 11.8 Å². The monoisotopic (exact) mass is 827 g/mol. The van der Waals surface area contributed by atoms with Crippen molar-refractivity contribution in [2.45, 2.75) is 181 Å². The normalized spacial score (nSPS) is 17.5. The second-order valence-corrected chi connectivity index (χ2v) is 17.0. The van der Waals surface area contributed by atoms with Crippen LogP contribution in [0.4, 0.5) is 9.59 Å². The maximum absolute atomic E-state index is 12.9. The number of amides is 4. The molecule has 2 aromatic carbocycles. The topological polar surface area (TPSA) is 93.2 Å². The SMILES string of the molecule is CCCCCCCCCC/C=C/C[C@@H](C)C(=O)N1C(=O)OC[C@@H]1Cc1ccccc1.CCCCCCCCCC/C=C/C[C@@H](C)C(=O)N1C(=O)OC[C@@H]1Cc1ccccc1. The van der Waals surface area contributed by atoms with Gasteiger partial charge in [0, 0.05) is 11.8 Å². The minimum Gasteiger partial charge on any atom is -0.447 e. The van der Waals surface area contributed by atoms with Crippen LogP contribution in [0.5, 0.6) is 0 Å². The number of cyclic esters (lactones) is 2. The van der Waals surface area contributed by atoms with E-state index in [1.54, 1.807) is 0 Å². The van der Waals surface area contributed by atoms with E-state index in [-0.39, 0.29) is 48.9 Å². The highest BCUT2D eigenvalue weighted by Gasteiger charge is 2.40. The molecule has 0 N–H and O–H groups in total. The van der Waals surface area contributed by atoms with Gasteiger partial charge in [0.15, 0.2) is 0 Å². The lowest BCUT2D eigenvalue weighted by atomic mass is 10.0. The molecule has 2 aromatic rings. The molecule has 0 unspecified atom stereocenters. The predicted molar refractivity (Wildman–Crippen MR) is 245 cm³/mol. The Morgan fingerprint density at radius 2 is 0.867 bits per heavy atom. The zero-order valence-corrected chi connectivity index (χ0v) is 37.7. The second-order valence-electron chi connectivity index (χ2n) is 17.0. The molecule has 4 atom stereocenters. The summed E-state index contributed by atoms with van der Waals surface area (Å²) in [6.45, 7) is 8.85. The number of hydrogen-bond donors (Lipinski definition) is 0. The van der Waals surface area contributed by atoms with Crippen LogP contribution in [0.3, 0.4) is 0 Å². The van der Waals surface area contributed by atoms with E-state index in [2.05, 4.69) is 38.2 Å². The van der Waals surface area contributed by atoms with Crippen molar-refractivity contribution >= 4 is 24.0 Å². The summed E-state index contributed by atoms with van der Waals surface area (Å²) in [5.74, 6) is -0.696. The van der Waals surface area contributed by atoms with Crippen LogP contribution in [0.1, 0.15) is 167 Å². The van der Waals surface area contributed by atoms with E-state index in [9.17, 15) is 19.2 Å². The zero-order chi connectivity index (χ0) is 43.2. The molecule has 60 heavy (non-hydrogen) atoms. The summed E-state index contributed by atoms with van der Waals surface area (Å²) in [4.78, 5) is 52.7. The van der Waals surface area contributed by atoms with Crippen LogP contribution >= 0.6 is 0 Å². The van der Waals surface area contributed by atoms with Gasteiger partial charge in [0.25, 0.3) is 0 Å². The third-order valence-corrected chi connectivity index (χ3v) is 11.6. The molecular weight excluding hydrogens is 749 g/mol. The maximum Gasteiger partial charge on any atom is 0.416 e. The van der Waals surface area contributed by atoms with Gasteiger partial charge in [-0.1, -0.05) is 203 Å². The molecular formula is C52H78N2O6. The number of carbonyl (C=O) groups excluding carboxylic acids is 4. The number of carbonyl (C=O) groups is 4. The lowest BCUT2D eigenvalue weighted by Gasteiger charge is -2.22. The summed E-state index contributed by atoms with van der Waals surface area (Å²) in [6.07, 6.45) is 33.5. The van der Waals surface area contributed by atoms with E-state index in [0.29, 0.717) is 25.7 Å². The summed E-state index contributed by atoms with van der Waals surface area (Å²) in [5.41, 5.74) is 2.22. The Labute approximate surface area is 363 Å². The van der Waals surface area contributed by atoms with E-state index in [1.165, 1.54) is 113 Å². The van der Waals surface area contributed by atoms with Gasteiger partial charge in [-0.05, 0) is 62.5 Å². The molecule has 4 amide bonds. The molecule has 8 heteroatoms. The third kappa shape index (κ3) is 19.5. The predicted octanol–water partition coefficient (Wildman–Crippen LogP) is 13.4. The van der Waals surface area contributed by atoms with Gasteiger partial charge >= 0.3 is 12.2 Å². The Balaban J connectivity index is 0.000000320. The molecule has 0 aliphatic carbocycles. The molecule has 2 saturated heterocycles. The number of hydrogen-bond acceptors (Lipinski definition) is 6. The molecule has 0 bridgehead atoms. The van der Waals surface area contributed by atoms with E-state index in [1.807, 2.05) is 74.5 Å². The Bertz CT molecular complexity index is 1430. The highest BCUT2D eigenvalue weighted by molar-refractivity contribution is 5.95. The molecule has 2 heterocycles. The minimum atomic E-state index is -0.504. The van der Waals surface area contributed by atoms with Crippen molar-refractivity contribution in [3.63, 3.8) is 0 Å². The van der Waals surface area contributed by atoms with Gasteiger partial charge in [-0.3, -0.25) is 9.59 Å². The van der Waals surface area contributed by atoms with Crippen LogP contribution in [-0.2, 0) is 31.9 Å². The zero-order valence-electron chi connectivity index (χ0n) is 37.7. The fourth-order valence-corrected chi connectivity index (χ4v) is 7.84. The van der Waals surface area contributed by atoms with Gasteiger partial charge < -0.3 is 9.47 Å². The highest BCUT2D eigenvalue weighted by atomic mass is 16.6. The van der Waals surface area contributed by atoms with Crippen LogP contribution < -0.4 is 0 Å². The minimum absolute atomic E-state index is 0.129. The summed E-state index contributed by atoms with van der Waals surface area (Å²) < 4.78 is 10.4. The average Bonchev–Trinajstić information content (AvgIpc) is 3.81. The van der Waals surface area contributed by atoms with Gasteiger partial charge in [0.05, 0.1) is 12.1 Å². The Morgan fingerprint density at radius 3 is 1.22 bits per heavy atom. The maximum atomic E-state index is 12.9. The molecule has 2 aliphatic heterocycles. The molecule has 0 radical (unpaired) electrons. The second kappa shape index (κ2) is 30.8.